The molecule has 6 heavy (non-hydrogen) atoms. The molecule has 1 radical (unpaired) electrons. The van der Waals surface area contributed by atoms with Gasteiger partial charge in [-0.25, -0.2) is 0 Å². The molecule has 0 N–H and O–H groups in total. The van der Waals surface area contributed by atoms with Crippen LogP contribution < -0.4 is 0 Å². The molecule has 1 aliphatic heterocycles. The summed E-state index contributed by atoms with van der Waals surface area (Å²) in [6.45, 7) is 0.801. The number of rotatable bonds is 0. The first-order valence-electron chi connectivity index (χ1n) is 1.95. The zero-order valence-corrected chi connectivity index (χ0v) is 5.26. The van der Waals surface area contributed by atoms with E-state index in [1.54, 1.807) is 0 Å². The first kappa shape index (κ1) is 4.63. The Morgan fingerprint density at radius 2 is 2.50 bits per heavy atom. The van der Waals surface area contributed by atoms with Crippen LogP contribution in [0.25, 0.3) is 0 Å². The second-order valence-electron chi connectivity index (χ2n) is 1.10. The van der Waals surface area contributed by atoms with Gasteiger partial charge in [-0.2, -0.15) is 0 Å². The van der Waals surface area contributed by atoms with Crippen molar-refractivity contribution in [3.05, 3.63) is 0 Å². The number of hydrogen-bond donors (Lipinski definition) is 0. The zero-order valence-electron chi connectivity index (χ0n) is 3.39. The van der Waals surface area contributed by atoms with Crippen LogP contribution in [0.5, 0.6) is 0 Å². The van der Waals surface area contributed by atoms with Crippen LogP contribution in [-0.2, 0) is 8.76 Å². The van der Waals surface area contributed by atoms with Crippen LogP contribution in [0, 0.1) is 0 Å². The summed E-state index contributed by atoms with van der Waals surface area (Å²) in [5, 5.41) is 1.25. The molecule has 1 heterocycles. The fourth-order valence-electron chi connectivity index (χ4n) is 0.300. The van der Waals surface area contributed by atoms with Crippen molar-refractivity contribution in [2.45, 2.75) is 11.6 Å². The normalized spacial score (nSPS) is 28.0. The van der Waals surface area contributed by atoms with Crippen LogP contribution in [0.3, 0.4) is 0 Å². The van der Waals surface area contributed by atoms with E-state index in [1.807, 2.05) is 0 Å². The molecule has 0 unspecified atom stereocenters. The van der Waals surface area contributed by atoms with Gasteiger partial charge >= 0.3 is 43.1 Å². The monoisotopic (exact) mass is 149 g/mol. The molecule has 0 saturated carbocycles. The molecule has 0 aromatic heterocycles. The fraction of sp³-hybridized carbons (Fsp3) is 1.00. The van der Waals surface area contributed by atoms with Gasteiger partial charge in [-0.3, -0.25) is 0 Å². The Morgan fingerprint density at radius 3 is 2.67 bits per heavy atom. The van der Waals surface area contributed by atoms with Gasteiger partial charge in [-0.05, 0) is 0 Å². The third kappa shape index (κ3) is 1.29. The minimum atomic E-state index is 0.109. The van der Waals surface area contributed by atoms with Crippen molar-refractivity contribution in [1.29, 1.82) is 0 Å². The van der Waals surface area contributed by atoms with Crippen molar-refractivity contribution in [3.63, 3.8) is 0 Å². The van der Waals surface area contributed by atoms with Gasteiger partial charge in [-0.15, -0.1) is 0 Å². The van der Waals surface area contributed by atoms with Crippen molar-refractivity contribution in [1.82, 2.24) is 0 Å². The van der Waals surface area contributed by atoms with E-state index in [9.17, 15) is 0 Å². The molecule has 0 amide bonds. The van der Waals surface area contributed by atoms with E-state index < -0.39 is 0 Å². The van der Waals surface area contributed by atoms with Crippen molar-refractivity contribution in [3.8, 4) is 0 Å². The average Bonchev–Trinajstić information content (AvgIpc) is 1.72. The Hall–Kier alpha value is 0.478. The zero-order chi connectivity index (χ0) is 4.24. The molecule has 1 aliphatic rings. The molecule has 1 saturated heterocycles. The van der Waals surface area contributed by atoms with E-state index in [0.717, 1.165) is 6.61 Å². The van der Waals surface area contributed by atoms with Crippen LogP contribution in [-0.4, -0.2) is 22.7 Å². The summed E-state index contributed by atoms with van der Waals surface area (Å²) < 4.78 is 4.66. The van der Waals surface area contributed by atoms with Gasteiger partial charge in [0.15, 0.2) is 0 Å². The van der Waals surface area contributed by atoms with Gasteiger partial charge in [0.2, 0.25) is 0 Å². The van der Waals surface area contributed by atoms with Crippen LogP contribution in [0.4, 0.5) is 0 Å². The Kier molecular flexibility index (Phi) is 2.02. The minimum absolute atomic E-state index is 0.109. The molecule has 0 bridgehead atoms. The van der Waals surface area contributed by atoms with Gasteiger partial charge in [0.1, 0.15) is 0 Å². The Morgan fingerprint density at radius 1 is 1.50 bits per heavy atom. The van der Waals surface area contributed by atoms with Crippen molar-refractivity contribution in [2.75, 3.05) is 6.61 Å². The summed E-state index contributed by atoms with van der Waals surface area (Å²) >= 11 is 0.109. The second-order valence-corrected chi connectivity index (χ2v) is 2.90. The first-order chi connectivity index (χ1) is 3.00. The van der Waals surface area contributed by atoms with Crippen LogP contribution >= 0.6 is 0 Å². The number of hydrogen-bond acceptors (Lipinski definition) is 2. The maximum atomic E-state index is 4.66. The van der Waals surface area contributed by atoms with Crippen molar-refractivity contribution < 1.29 is 8.76 Å². The molecule has 35 valence electrons. The van der Waals surface area contributed by atoms with Gasteiger partial charge in [0.25, 0.3) is 0 Å². The molecular formula is C3H6AsO2. The molecule has 0 aromatic rings. The summed E-state index contributed by atoms with van der Waals surface area (Å²) in [6.07, 6.45) is 1.19. The third-order valence-corrected chi connectivity index (χ3v) is 2.07. The summed E-state index contributed by atoms with van der Waals surface area (Å²) in [7, 11) is 0. The molecule has 0 aromatic carbocycles. The quantitative estimate of drug-likeness (QED) is 0.366. The molecular weight excluding hydrogens is 143 g/mol. The second kappa shape index (κ2) is 2.62. The summed E-state index contributed by atoms with van der Waals surface area (Å²) in [4.78, 5) is 4.61. The van der Waals surface area contributed by atoms with Gasteiger partial charge in [-0.1, -0.05) is 0 Å². The molecule has 1 rings (SSSR count). The molecule has 3 heteroatoms. The first-order valence-corrected chi connectivity index (χ1v) is 4.05. The summed E-state index contributed by atoms with van der Waals surface area (Å²) in [6, 6.07) is 0. The van der Waals surface area contributed by atoms with Crippen LogP contribution in [0.15, 0.2) is 0 Å². The Balaban J connectivity index is 2.00. The molecule has 0 atom stereocenters. The predicted octanol–water partition coefficient (Wildman–Crippen LogP) is 0.376. The molecule has 1 fully saturated rings. The maximum absolute atomic E-state index is 4.66. The van der Waals surface area contributed by atoms with Crippen molar-refractivity contribution >= 4 is 16.1 Å². The van der Waals surface area contributed by atoms with E-state index >= 15 is 0 Å². The SMILES string of the molecule is C1COO[As]C1. The van der Waals surface area contributed by atoms with Crippen molar-refractivity contribution in [2.24, 2.45) is 0 Å². The van der Waals surface area contributed by atoms with E-state index in [2.05, 4.69) is 8.76 Å². The summed E-state index contributed by atoms with van der Waals surface area (Å²) in [5.74, 6) is 0. The van der Waals surface area contributed by atoms with E-state index in [0.29, 0.717) is 0 Å². The molecule has 0 spiro atoms. The van der Waals surface area contributed by atoms with Gasteiger partial charge < -0.3 is 0 Å². The topological polar surface area (TPSA) is 18.5 Å². The van der Waals surface area contributed by atoms with E-state index in [1.165, 1.54) is 11.6 Å². The fourth-order valence-corrected chi connectivity index (χ4v) is 1.31. The Bertz CT molecular complexity index is 24.3. The standard InChI is InChI=1S/C3H6AsO2/c1-2-4-6-5-3-1/h1-3H2. The predicted molar refractivity (Wildman–Crippen MR) is 22.2 cm³/mol. The van der Waals surface area contributed by atoms with Crippen LogP contribution in [0.2, 0.25) is 5.21 Å². The van der Waals surface area contributed by atoms with E-state index in [4.69, 9.17) is 0 Å². The van der Waals surface area contributed by atoms with Gasteiger partial charge in [0, 0.05) is 0 Å². The average molecular weight is 149 g/mol. The van der Waals surface area contributed by atoms with E-state index in [-0.39, 0.29) is 16.1 Å². The molecule has 0 aliphatic carbocycles. The summed E-state index contributed by atoms with van der Waals surface area (Å²) in [5.41, 5.74) is 0. The molecule has 2 nitrogen and oxygen atoms in total. The Labute approximate surface area is 43.8 Å². The van der Waals surface area contributed by atoms with Gasteiger partial charge in [0.05, 0.1) is 0 Å². The third-order valence-electron chi connectivity index (χ3n) is 0.582. The van der Waals surface area contributed by atoms with Crippen LogP contribution in [0.1, 0.15) is 6.42 Å².